The molecule has 1 unspecified atom stereocenters. The molecule has 1 aliphatic rings. The van der Waals surface area contributed by atoms with Crippen molar-refractivity contribution in [2.45, 2.75) is 17.4 Å². The number of ether oxygens (including phenoxy) is 1. The Balaban J connectivity index is 1.62. The van der Waals surface area contributed by atoms with E-state index in [0.717, 1.165) is 16.6 Å². The number of fused-ring (bicyclic) bond motifs is 1. The van der Waals surface area contributed by atoms with Crippen molar-refractivity contribution in [1.29, 1.82) is 0 Å². The Labute approximate surface area is 186 Å². The van der Waals surface area contributed by atoms with Crippen molar-refractivity contribution in [3.05, 3.63) is 96.3 Å². The molecule has 160 valence electrons. The van der Waals surface area contributed by atoms with Gasteiger partial charge in [-0.3, -0.25) is 9.97 Å². The van der Waals surface area contributed by atoms with Crippen LogP contribution in [-0.2, 0) is 10.0 Å². The van der Waals surface area contributed by atoms with Crippen molar-refractivity contribution in [3.63, 3.8) is 0 Å². The first-order valence-electron chi connectivity index (χ1n) is 10.1. The van der Waals surface area contributed by atoms with Gasteiger partial charge in [0, 0.05) is 24.4 Å². The van der Waals surface area contributed by atoms with Crippen molar-refractivity contribution in [3.8, 4) is 5.75 Å². The molecule has 32 heavy (non-hydrogen) atoms. The number of hydrogen-bond acceptors (Lipinski definition) is 6. The zero-order valence-corrected chi connectivity index (χ0v) is 18.1. The smallest absolute Gasteiger partial charge is 0.279 e. The van der Waals surface area contributed by atoms with Crippen LogP contribution in [0.4, 0.5) is 0 Å². The van der Waals surface area contributed by atoms with Gasteiger partial charge < -0.3 is 4.74 Å². The maximum Gasteiger partial charge on any atom is 0.279 e. The number of aromatic nitrogens is 2. The average molecular weight is 445 g/mol. The van der Waals surface area contributed by atoms with E-state index in [1.54, 1.807) is 49.8 Å². The van der Waals surface area contributed by atoms with Gasteiger partial charge in [-0.2, -0.15) is 17.9 Å². The Bertz CT molecular complexity index is 1420. The monoisotopic (exact) mass is 444 g/mol. The molecular formula is C24H20N4O3S. The fourth-order valence-electron chi connectivity index (χ4n) is 3.82. The minimum absolute atomic E-state index is 0.196. The Morgan fingerprint density at radius 1 is 0.906 bits per heavy atom. The molecule has 2 heterocycles. The first kappa shape index (κ1) is 20.1. The summed E-state index contributed by atoms with van der Waals surface area (Å²) in [6, 6.07) is 21.0. The van der Waals surface area contributed by atoms with Crippen LogP contribution >= 0.6 is 0 Å². The molecule has 0 spiro atoms. The van der Waals surface area contributed by atoms with E-state index in [-0.39, 0.29) is 4.90 Å². The molecule has 0 amide bonds. The molecular weight excluding hydrogens is 424 g/mol. The summed E-state index contributed by atoms with van der Waals surface area (Å²) >= 11 is 0. The van der Waals surface area contributed by atoms with Crippen LogP contribution in [0.3, 0.4) is 0 Å². The molecule has 0 bridgehead atoms. The summed E-state index contributed by atoms with van der Waals surface area (Å²) in [4.78, 5) is 8.88. The van der Waals surface area contributed by atoms with Gasteiger partial charge in [0.2, 0.25) is 0 Å². The van der Waals surface area contributed by atoms with Crippen LogP contribution in [0.1, 0.15) is 23.6 Å². The minimum atomic E-state index is -3.87. The third-order valence-corrected chi connectivity index (χ3v) is 7.14. The molecule has 0 N–H and O–H groups in total. The zero-order chi connectivity index (χ0) is 22.1. The highest BCUT2D eigenvalue weighted by Crippen LogP contribution is 2.38. The van der Waals surface area contributed by atoms with E-state index >= 15 is 0 Å². The molecule has 8 heteroatoms. The molecule has 1 atom stereocenters. The van der Waals surface area contributed by atoms with Crippen LogP contribution < -0.4 is 4.74 Å². The highest BCUT2D eigenvalue weighted by atomic mass is 32.2. The quantitative estimate of drug-likeness (QED) is 0.461. The molecule has 5 rings (SSSR count). The Morgan fingerprint density at radius 3 is 2.47 bits per heavy atom. The third-order valence-electron chi connectivity index (χ3n) is 5.44. The van der Waals surface area contributed by atoms with E-state index in [0.29, 0.717) is 23.4 Å². The molecule has 0 aliphatic carbocycles. The predicted molar refractivity (Wildman–Crippen MR) is 122 cm³/mol. The molecule has 3 aromatic carbocycles. The van der Waals surface area contributed by atoms with Crippen LogP contribution in [0, 0.1) is 0 Å². The van der Waals surface area contributed by atoms with E-state index in [1.807, 2.05) is 42.5 Å². The largest absolute Gasteiger partial charge is 0.497 e. The van der Waals surface area contributed by atoms with Crippen molar-refractivity contribution < 1.29 is 13.2 Å². The molecule has 7 nitrogen and oxygen atoms in total. The SMILES string of the molecule is COc1cccc(C2=NN(S(=O)(=O)c3ccccc3)C(c3ccc4nccnc4c3)C2)c1. The molecule has 0 radical (unpaired) electrons. The zero-order valence-electron chi connectivity index (χ0n) is 17.3. The summed E-state index contributed by atoms with van der Waals surface area (Å²) in [5.74, 6) is 0.687. The van der Waals surface area contributed by atoms with E-state index < -0.39 is 16.1 Å². The summed E-state index contributed by atoms with van der Waals surface area (Å²) in [5.41, 5.74) is 3.75. The second kappa shape index (κ2) is 8.05. The van der Waals surface area contributed by atoms with Gasteiger partial charge in [0.05, 0.1) is 34.8 Å². The van der Waals surface area contributed by atoms with Gasteiger partial charge in [0.15, 0.2) is 0 Å². The summed E-state index contributed by atoms with van der Waals surface area (Å²) in [6.45, 7) is 0. The third kappa shape index (κ3) is 3.58. The van der Waals surface area contributed by atoms with E-state index in [9.17, 15) is 8.42 Å². The average Bonchev–Trinajstić information content (AvgIpc) is 3.31. The van der Waals surface area contributed by atoms with Gasteiger partial charge in [-0.15, -0.1) is 0 Å². The minimum Gasteiger partial charge on any atom is -0.497 e. The summed E-state index contributed by atoms with van der Waals surface area (Å²) in [7, 11) is -2.27. The highest BCUT2D eigenvalue weighted by Gasteiger charge is 2.37. The lowest BCUT2D eigenvalue weighted by molar-refractivity contribution is 0.371. The Kier molecular flexibility index (Phi) is 5.07. The van der Waals surface area contributed by atoms with Crippen LogP contribution in [-0.4, -0.2) is 35.6 Å². The van der Waals surface area contributed by atoms with Crippen LogP contribution in [0.15, 0.2) is 95.2 Å². The highest BCUT2D eigenvalue weighted by molar-refractivity contribution is 7.89. The molecule has 4 aromatic rings. The van der Waals surface area contributed by atoms with E-state index in [2.05, 4.69) is 15.1 Å². The van der Waals surface area contributed by atoms with Gasteiger partial charge in [0.25, 0.3) is 10.0 Å². The first-order chi connectivity index (χ1) is 15.6. The number of sulfonamides is 1. The van der Waals surface area contributed by atoms with Crippen molar-refractivity contribution in [2.75, 3.05) is 7.11 Å². The normalized spacial score (nSPS) is 16.2. The number of rotatable bonds is 5. The topological polar surface area (TPSA) is 84.8 Å². The van der Waals surface area contributed by atoms with Gasteiger partial charge in [-0.1, -0.05) is 36.4 Å². The van der Waals surface area contributed by atoms with Crippen molar-refractivity contribution in [2.24, 2.45) is 5.10 Å². The van der Waals surface area contributed by atoms with Crippen molar-refractivity contribution >= 4 is 26.8 Å². The number of benzene rings is 3. The maximum absolute atomic E-state index is 13.5. The lowest BCUT2D eigenvalue weighted by Crippen LogP contribution is -2.27. The van der Waals surface area contributed by atoms with E-state index in [1.165, 1.54) is 4.41 Å². The van der Waals surface area contributed by atoms with Crippen LogP contribution in [0.25, 0.3) is 11.0 Å². The van der Waals surface area contributed by atoms with Gasteiger partial charge in [0.1, 0.15) is 5.75 Å². The molecule has 0 fully saturated rings. The summed E-state index contributed by atoms with van der Waals surface area (Å²) in [6.07, 6.45) is 3.68. The predicted octanol–water partition coefficient (Wildman–Crippen LogP) is 4.18. The Hall–Kier alpha value is -3.78. The van der Waals surface area contributed by atoms with Gasteiger partial charge in [-0.25, -0.2) is 0 Å². The van der Waals surface area contributed by atoms with E-state index in [4.69, 9.17) is 4.74 Å². The van der Waals surface area contributed by atoms with Gasteiger partial charge >= 0.3 is 0 Å². The number of nitrogens with zero attached hydrogens (tertiary/aromatic N) is 4. The van der Waals surface area contributed by atoms with Gasteiger partial charge in [-0.05, 0) is 42.0 Å². The molecule has 1 aliphatic heterocycles. The summed E-state index contributed by atoms with van der Waals surface area (Å²) in [5, 5.41) is 4.59. The summed E-state index contributed by atoms with van der Waals surface area (Å²) < 4.78 is 33.6. The second-order valence-electron chi connectivity index (χ2n) is 7.39. The fourth-order valence-corrected chi connectivity index (χ4v) is 5.28. The number of hydrazone groups is 1. The Morgan fingerprint density at radius 2 is 1.69 bits per heavy atom. The molecule has 0 saturated heterocycles. The van der Waals surface area contributed by atoms with Crippen LogP contribution in [0.2, 0.25) is 0 Å². The standard InChI is InChI=1S/C24H20N4O3S/c1-31-19-7-5-6-17(14-19)22-16-24(18-10-11-21-23(15-18)26-13-12-25-21)28(27-22)32(29,30)20-8-3-2-4-9-20/h2-15,24H,16H2,1H3. The fraction of sp³-hybridized carbons (Fsp3) is 0.125. The lowest BCUT2D eigenvalue weighted by atomic mass is 9.98. The molecule has 1 aromatic heterocycles. The van der Waals surface area contributed by atoms with Crippen molar-refractivity contribution in [1.82, 2.24) is 14.4 Å². The van der Waals surface area contributed by atoms with Crippen LogP contribution in [0.5, 0.6) is 5.75 Å². The lowest BCUT2D eigenvalue weighted by Gasteiger charge is -2.23. The maximum atomic E-state index is 13.5. The number of hydrogen-bond donors (Lipinski definition) is 0. The number of methoxy groups -OCH3 is 1. The second-order valence-corrected chi connectivity index (χ2v) is 9.19. The first-order valence-corrected chi connectivity index (χ1v) is 11.5. The molecule has 0 saturated carbocycles.